The van der Waals surface area contributed by atoms with Crippen molar-refractivity contribution in [2.45, 2.75) is 51.4 Å². The number of carbonyl (C=O) groups is 1. The lowest BCUT2D eigenvalue weighted by Crippen LogP contribution is -2.43. The van der Waals surface area contributed by atoms with Gasteiger partial charge in [-0.05, 0) is 55.9 Å². The molecule has 0 saturated heterocycles. The number of nitriles is 1. The summed E-state index contributed by atoms with van der Waals surface area (Å²) in [6.07, 6.45) is 7.23. The van der Waals surface area contributed by atoms with E-state index in [1.165, 1.54) is 6.07 Å². The van der Waals surface area contributed by atoms with Crippen molar-refractivity contribution >= 4 is 5.78 Å². The molecule has 35 heavy (non-hydrogen) atoms. The molecule has 1 saturated carbocycles. The highest BCUT2D eigenvalue weighted by Crippen LogP contribution is 2.52. The summed E-state index contributed by atoms with van der Waals surface area (Å²) in [7, 11) is 0. The summed E-state index contributed by atoms with van der Waals surface area (Å²) in [5.74, 6) is 0.357. The zero-order chi connectivity index (χ0) is 24.3. The third-order valence-electron chi connectivity index (χ3n) is 7.88. The van der Waals surface area contributed by atoms with E-state index in [-0.39, 0.29) is 29.0 Å². The average Bonchev–Trinajstić information content (AvgIpc) is 3.71. The number of rotatable bonds is 3. The van der Waals surface area contributed by atoms with Gasteiger partial charge in [0.15, 0.2) is 11.6 Å². The minimum atomic E-state index is -0.679. The van der Waals surface area contributed by atoms with Crippen molar-refractivity contribution in [1.82, 2.24) is 15.0 Å². The Kier molecular flexibility index (Phi) is 4.93. The van der Waals surface area contributed by atoms with E-state index < -0.39 is 5.41 Å². The highest BCUT2D eigenvalue weighted by atomic mass is 19.1. The van der Waals surface area contributed by atoms with Gasteiger partial charge in [0.05, 0.1) is 17.0 Å². The van der Waals surface area contributed by atoms with Gasteiger partial charge in [-0.1, -0.05) is 32.1 Å². The van der Waals surface area contributed by atoms with Crippen LogP contribution in [0, 0.1) is 28.5 Å². The number of fused-ring (bicyclic) bond motifs is 3. The van der Waals surface area contributed by atoms with Crippen LogP contribution in [-0.4, -0.2) is 20.7 Å². The van der Waals surface area contributed by atoms with Gasteiger partial charge in [-0.25, -0.2) is 14.4 Å². The lowest BCUT2D eigenvalue weighted by molar-refractivity contribution is -0.127. The second kappa shape index (κ2) is 7.91. The molecule has 0 spiro atoms. The van der Waals surface area contributed by atoms with Gasteiger partial charge >= 0.3 is 0 Å². The van der Waals surface area contributed by atoms with Gasteiger partial charge in [-0.3, -0.25) is 9.78 Å². The van der Waals surface area contributed by atoms with E-state index in [0.717, 1.165) is 41.8 Å². The number of Topliss-reactive ketones (excluding diaryl/α,β-unsaturated/α-hetero) is 1. The topological polar surface area (TPSA) is 79.5 Å². The number of hydrogen-bond acceptors (Lipinski definition) is 5. The molecule has 0 amide bonds. The summed E-state index contributed by atoms with van der Waals surface area (Å²) in [5.41, 5.74) is 4.10. The van der Waals surface area contributed by atoms with Gasteiger partial charge in [-0.15, -0.1) is 0 Å². The summed E-state index contributed by atoms with van der Waals surface area (Å²) in [5, 5.41) is 9.69. The molecule has 174 valence electrons. The van der Waals surface area contributed by atoms with Gasteiger partial charge in [-0.2, -0.15) is 5.26 Å². The standard InChI is InChI=1S/C29H25FN4O/c1-29(2)22-10-9-20-25(19-5-3-4-6-23(19)30)33-28(17-11-12-32-24(14-17)16-7-8-16)34-26(20)21(22)13-18(15-31)27(29)35/h3-6,11-14,16,21-22H,7-10H2,1-2H3. The van der Waals surface area contributed by atoms with Crippen molar-refractivity contribution in [3.05, 3.63) is 77.0 Å². The predicted octanol–water partition coefficient (Wildman–Crippen LogP) is 5.93. The smallest absolute Gasteiger partial charge is 0.178 e. The Labute approximate surface area is 203 Å². The molecule has 5 nitrogen and oxygen atoms in total. The number of aromatic nitrogens is 3. The molecule has 3 aliphatic rings. The summed E-state index contributed by atoms with van der Waals surface area (Å²) in [4.78, 5) is 27.5. The fraction of sp³-hybridized carbons (Fsp3) is 0.345. The molecule has 3 aromatic rings. The van der Waals surface area contributed by atoms with E-state index in [9.17, 15) is 10.1 Å². The minimum Gasteiger partial charge on any atom is -0.293 e. The third kappa shape index (κ3) is 3.49. The molecule has 2 atom stereocenters. The first-order chi connectivity index (χ1) is 16.9. The van der Waals surface area contributed by atoms with Gasteiger partial charge in [0.2, 0.25) is 0 Å². The Bertz CT molecular complexity index is 1450. The zero-order valence-corrected chi connectivity index (χ0v) is 19.8. The molecular weight excluding hydrogens is 439 g/mol. The molecule has 1 fully saturated rings. The van der Waals surface area contributed by atoms with Gasteiger partial charge in [0, 0.05) is 45.8 Å². The first-order valence-corrected chi connectivity index (χ1v) is 12.2. The van der Waals surface area contributed by atoms with Crippen LogP contribution in [0.3, 0.4) is 0 Å². The molecular formula is C29H25FN4O. The van der Waals surface area contributed by atoms with E-state index >= 15 is 4.39 Å². The lowest BCUT2D eigenvalue weighted by atomic mass is 9.59. The summed E-state index contributed by atoms with van der Waals surface area (Å²) >= 11 is 0. The number of pyridine rings is 1. The van der Waals surface area contributed by atoms with Gasteiger partial charge in [0.25, 0.3) is 0 Å². The van der Waals surface area contributed by atoms with Crippen molar-refractivity contribution in [2.24, 2.45) is 11.3 Å². The Morgan fingerprint density at radius 3 is 2.66 bits per heavy atom. The van der Waals surface area contributed by atoms with E-state index in [1.54, 1.807) is 24.4 Å². The highest BCUT2D eigenvalue weighted by Gasteiger charge is 2.49. The number of ketones is 1. The predicted molar refractivity (Wildman–Crippen MR) is 130 cm³/mol. The molecule has 0 N–H and O–H groups in total. The van der Waals surface area contributed by atoms with Crippen molar-refractivity contribution in [3.8, 4) is 28.7 Å². The third-order valence-corrected chi connectivity index (χ3v) is 7.88. The summed E-state index contributed by atoms with van der Waals surface area (Å²) in [6.45, 7) is 3.85. The summed E-state index contributed by atoms with van der Waals surface area (Å²) in [6, 6.07) is 12.7. The van der Waals surface area contributed by atoms with Crippen LogP contribution in [0.4, 0.5) is 4.39 Å². The summed E-state index contributed by atoms with van der Waals surface area (Å²) < 4.78 is 15.0. The average molecular weight is 465 g/mol. The number of nitrogens with zero attached hydrogens (tertiary/aromatic N) is 4. The fourth-order valence-corrected chi connectivity index (χ4v) is 5.75. The highest BCUT2D eigenvalue weighted by molar-refractivity contribution is 6.04. The van der Waals surface area contributed by atoms with Crippen LogP contribution in [0.15, 0.2) is 54.2 Å². The van der Waals surface area contributed by atoms with E-state index in [0.29, 0.717) is 29.4 Å². The van der Waals surface area contributed by atoms with E-state index in [1.807, 2.05) is 32.0 Å². The lowest BCUT2D eigenvalue weighted by Gasteiger charge is -2.44. The number of allylic oxidation sites excluding steroid dienone is 2. The van der Waals surface area contributed by atoms with E-state index in [2.05, 4.69) is 11.1 Å². The van der Waals surface area contributed by atoms with Crippen LogP contribution in [0.2, 0.25) is 0 Å². The van der Waals surface area contributed by atoms with Crippen molar-refractivity contribution in [2.75, 3.05) is 0 Å². The van der Waals surface area contributed by atoms with Crippen LogP contribution < -0.4 is 0 Å². The van der Waals surface area contributed by atoms with Crippen LogP contribution >= 0.6 is 0 Å². The largest absolute Gasteiger partial charge is 0.293 e. The van der Waals surface area contributed by atoms with Crippen LogP contribution in [0.25, 0.3) is 22.6 Å². The molecule has 3 aliphatic carbocycles. The molecule has 2 heterocycles. The SMILES string of the molecule is CC1(C)C(=O)C(C#N)=CC2c3nc(-c4ccnc(C5CC5)c4)nc(-c4ccccc4F)c3CCC21. The molecule has 6 rings (SSSR count). The van der Waals surface area contributed by atoms with Crippen LogP contribution in [0.1, 0.15) is 61.9 Å². The van der Waals surface area contributed by atoms with Crippen molar-refractivity contribution in [3.63, 3.8) is 0 Å². The molecule has 2 aromatic heterocycles. The fourth-order valence-electron chi connectivity index (χ4n) is 5.75. The van der Waals surface area contributed by atoms with Crippen LogP contribution in [0.5, 0.6) is 0 Å². The molecule has 6 heteroatoms. The second-order valence-electron chi connectivity index (χ2n) is 10.4. The normalized spacial score (nSPS) is 22.6. The first kappa shape index (κ1) is 21.8. The van der Waals surface area contributed by atoms with Gasteiger partial charge in [0.1, 0.15) is 11.9 Å². The number of halogens is 1. The molecule has 0 bridgehead atoms. The van der Waals surface area contributed by atoms with Crippen LogP contribution in [-0.2, 0) is 11.2 Å². The Morgan fingerprint density at radius 2 is 1.91 bits per heavy atom. The monoisotopic (exact) mass is 464 g/mol. The molecule has 1 aromatic carbocycles. The zero-order valence-electron chi connectivity index (χ0n) is 19.8. The van der Waals surface area contributed by atoms with Crippen molar-refractivity contribution in [1.29, 1.82) is 5.26 Å². The molecule has 2 unspecified atom stereocenters. The quantitative estimate of drug-likeness (QED) is 0.480. The Morgan fingerprint density at radius 1 is 1.11 bits per heavy atom. The first-order valence-electron chi connectivity index (χ1n) is 12.2. The molecule has 0 radical (unpaired) electrons. The minimum absolute atomic E-state index is 0.00952. The number of carbonyl (C=O) groups excluding carboxylic acids is 1. The maximum absolute atomic E-state index is 15.0. The number of benzene rings is 1. The van der Waals surface area contributed by atoms with Crippen molar-refractivity contribution < 1.29 is 9.18 Å². The second-order valence-corrected chi connectivity index (χ2v) is 10.4. The molecule has 0 aliphatic heterocycles. The number of hydrogen-bond donors (Lipinski definition) is 0. The Balaban J connectivity index is 1.60. The van der Waals surface area contributed by atoms with Gasteiger partial charge < -0.3 is 0 Å². The maximum Gasteiger partial charge on any atom is 0.178 e. The maximum atomic E-state index is 15.0. The Hall–Kier alpha value is -3.72. The van der Waals surface area contributed by atoms with E-state index in [4.69, 9.17) is 9.97 Å².